The van der Waals surface area contributed by atoms with Crippen molar-refractivity contribution in [3.8, 4) is 0 Å². The lowest BCUT2D eigenvalue weighted by atomic mass is 9.69. The van der Waals surface area contributed by atoms with Gasteiger partial charge < -0.3 is 9.97 Å². The summed E-state index contributed by atoms with van der Waals surface area (Å²) in [5.74, 6) is 2.94. The molecule has 40 heavy (non-hydrogen) atoms. The van der Waals surface area contributed by atoms with E-state index in [0.717, 1.165) is 67.4 Å². The lowest BCUT2D eigenvalue weighted by Gasteiger charge is -2.32. The van der Waals surface area contributed by atoms with Gasteiger partial charge in [-0.2, -0.15) is 0 Å². The number of benzene rings is 2. The molecule has 3 aromatic heterocycles. The van der Waals surface area contributed by atoms with Gasteiger partial charge in [0.25, 0.3) is 0 Å². The molecule has 8 heteroatoms. The molecule has 2 N–H and O–H groups in total. The highest BCUT2D eigenvalue weighted by atomic mass is 15.1. The van der Waals surface area contributed by atoms with Crippen molar-refractivity contribution >= 4 is 44.1 Å². The van der Waals surface area contributed by atoms with Gasteiger partial charge in [0.1, 0.15) is 45.9 Å². The maximum atomic E-state index is 5.14. The lowest BCUT2D eigenvalue weighted by Crippen LogP contribution is -2.37. The fraction of sp³-hybridized carbons (Fsp3) is 0.375. The Morgan fingerprint density at radius 2 is 0.600 bits per heavy atom. The monoisotopic (exact) mass is 530 g/mol. The molecule has 7 rings (SSSR count). The molecule has 0 aliphatic carbocycles. The third-order valence-corrected chi connectivity index (χ3v) is 10.0. The predicted molar refractivity (Wildman–Crippen MR) is 159 cm³/mol. The van der Waals surface area contributed by atoms with Gasteiger partial charge in [0, 0.05) is 43.2 Å². The number of aromatic nitrogens is 8. The standard InChI is InChI=1S/C32H34N8/c1-29(2)25-35-21-17-13-9-10-14-18(17)23(33-21)37-27-31(5,6)32(7,8)28(40-27)38-24-20-16-12-11-15-19(20)22(34-24)36-26(39-25)30(29,3)4/h9-16H,1-8H3,(H2,33,34,35,36,37,38,39,40). The molecule has 0 amide bonds. The number of H-pyrrole nitrogens is 2. The SMILES string of the molecule is CC1(C)c2nc(nc3[nH]c(nc4nc(nc5[nH]c(n2)c2ccccc52)C(C)(C)C4(C)C)c2ccccc32)C1(C)C. The molecule has 202 valence electrons. The summed E-state index contributed by atoms with van der Waals surface area (Å²) in [5.41, 5.74) is 1.47. The molecule has 0 radical (unpaired) electrons. The van der Waals surface area contributed by atoms with E-state index in [0.29, 0.717) is 0 Å². The second-order valence-corrected chi connectivity index (χ2v) is 13.2. The topological polar surface area (TPSA) is 109 Å². The van der Waals surface area contributed by atoms with E-state index in [1.165, 1.54) is 0 Å². The summed E-state index contributed by atoms with van der Waals surface area (Å²) in [6.45, 7) is 17.5. The van der Waals surface area contributed by atoms with Crippen molar-refractivity contribution in [3.63, 3.8) is 0 Å². The molecule has 0 spiro atoms. The van der Waals surface area contributed by atoms with Gasteiger partial charge in [-0.25, -0.2) is 29.9 Å². The molecule has 0 atom stereocenters. The van der Waals surface area contributed by atoms with Gasteiger partial charge in [-0.15, -0.1) is 0 Å². The fourth-order valence-electron chi connectivity index (χ4n) is 5.60. The summed E-state index contributed by atoms with van der Waals surface area (Å²) in [6.07, 6.45) is 0. The Morgan fingerprint density at radius 3 is 0.825 bits per heavy atom. The molecule has 0 unspecified atom stereocenters. The van der Waals surface area contributed by atoms with E-state index >= 15 is 0 Å². The number of fused-ring (bicyclic) bond motifs is 14. The van der Waals surface area contributed by atoms with E-state index in [4.69, 9.17) is 29.9 Å². The average molecular weight is 531 g/mol. The quantitative estimate of drug-likeness (QED) is 0.230. The second kappa shape index (κ2) is 7.71. The van der Waals surface area contributed by atoms with Crippen LogP contribution in [0.2, 0.25) is 0 Å². The van der Waals surface area contributed by atoms with Crippen molar-refractivity contribution in [1.29, 1.82) is 0 Å². The first-order valence-corrected chi connectivity index (χ1v) is 13.8. The van der Waals surface area contributed by atoms with E-state index in [1.807, 2.05) is 24.3 Å². The number of rotatable bonds is 0. The van der Waals surface area contributed by atoms with E-state index in [2.05, 4.69) is 89.6 Å². The molecule has 2 aromatic carbocycles. The number of nitrogens with zero attached hydrogens (tertiary/aromatic N) is 6. The maximum Gasteiger partial charge on any atom is 0.141 e. The summed E-state index contributed by atoms with van der Waals surface area (Å²) in [7, 11) is 0. The Labute approximate surface area is 232 Å². The Kier molecular flexibility index (Phi) is 4.78. The van der Waals surface area contributed by atoms with Crippen molar-refractivity contribution in [2.24, 2.45) is 0 Å². The van der Waals surface area contributed by atoms with Crippen LogP contribution in [0.5, 0.6) is 0 Å². The third kappa shape index (κ3) is 3.13. The Morgan fingerprint density at radius 1 is 0.375 bits per heavy atom. The largest absolute Gasteiger partial charge is 0.324 e. The first kappa shape index (κ1) is 24.8. The molecule has 8 nitrogen and oxygen atoms in total. The minimum Gasteiger partial charge on any atom is -0.324 e. The zero-order valence-electron chi connectivity index (χ0n) is 24.3. The normalized spacial score (nSPS) is 18.8. The summed E-state index contributed by atoms with van der Waals surface area (Å²) in [4.78, 5) is 37.7. The van der Waals surface area contributed by atoms with Crippen LogP contribution >= 0.6 is 0 Å². The van der Waals surface area contributed by atoms with Crippen LogP contribution in [-0.4, -0.2) is 39.9 Å². The maximum absolute atomic E-state index is 5.14. The molecule has 2 aliphatic heterocycles. The van der Waals surface area contributed by atoms with E-state index in [-0.39, 0.29) is 21.7 Å². The van der Waals surface area contributed by atoms with E-state index < -0.39 is 0 Å². The predicted octanol–water partition coefficient (Wildman–Crippen LogP) is 6.71. The van der Waals surface area contributed by atoms with Gasteiger partial charge in [-0.05, 0) is 0 Å². The van der Waals surface area contributed by atoms with Crippen LogP contribution in [0.15, 0.2) is 48.5 Å². The Balaban J connectivity index is 1.73. The smallest absolute Gasteiger partial charge is 0.141 e. The highest BCUT2D eigenvalue weighted by molar-refractivity contribution is 6.05. The number of nitrogens with one attached hydrogen (secondary N) is 2. The molecule has 8 bridgehead atoms. The second-order valence-electron chi connectivity index (χ2n) is 13.2. The highest BCUT2D eigenvalue weighted by Gasteiger charge is 2.50. The molecule has 5 heterocycles. The first-order valence-electron chi connectivity index (χ1n) is 13.8. The minimum absolute atomic E-state index is 0.371. The molecule has 2 aliphatic rings. The van der Waals surface area contributed by atoms with Crippen LogP contribution in [0.3, 0.4) is 0 Å². The van der Waals surface area contributed by atoms with Crippen molar-refractivity contribution in [3.05, 3.63) is 71.8 Å². The molecule has 0 fully saturated rings. The summed E-state index contributed by atoms with van der Waals surface area (Å²) >= 11 is 0. The van der Waals surface area contributed by atoms with Crippen LogP contribution in [0.25, 0.3) is 44.1 Å². The Hall–Kier alpha value is -4.20. The molecular formula is C32H34N8. The van der Waals surface area contributed by atoms with Crippen LogP contribution in [0, 0.1) is 0 Å². The number of aromatic amines is 2. The fourth-order valence-corrected chi connectivity index (χ4v) is 5.60. The summed E-state index contributed by atoms with van der Waals surface area (Å²) in [6, 6.07) is 16.4. The van der Waals surface area contributed by atoms with Gasteiger partial charge in [-0.3, -0.25) is 0 Å². The van der Waals surface area contributed by atoms with Crippen molar-refractivity contribution in [1.82, 2.24) is 39.9 Å². The molecular weight excluding hydrogens is 496 g/mol. The highest BCUT2D eigenvalue weighted by Crippen LogP contribution is 2.46. The van der Waals surface area contributed by atoms with Crippen molar-refractivity contribution in [2.45, 2.75) is 77.0 Å². The number of hydrogen-bond acceptors (Lipinski definition) is 6. The van der Waals surface area contributed by atoms with Crippen LogP contribution in [-0.2, 0) is 21.7 Å². The van der Waals surface area contributed by atoms with Gasteiger partial charge in [0.2, 0.25) is 0 Å². The van der Waals surface area contributed by atoms with Crippen LogP contribution < -0.4 is 0 Å². The van der Waals surface area contributed by atoms with Crippen molar-refractivity contribution < 1.29 is 0 Å². The van der Waals surface area contributed by atoms with Crippen molar-refractivity contribution in [2.75, 3.05) is 0 Å². The van der Waals surface area contributed by atoms with Gasteiger partial charge in [0.15, 0.2) is 0 Å². The summed E-state index contributed by atoms with van der Waals surface area (Å²) < 4.78 is 0. The first-order chi connectivity index (χ1) is 18.8. The molecule has 0 saturated carbocycles. The lowest BCUT2D eigenvalue weighted by molar-refractivity contribution is 0.310. The summed E-state index contributed by atoms with van der Waals surface area (Å²) in [5, 5.41) is 3.99. The van der Waals surface area contributed by atoms with E-state index in [9.17, 15) is 0 Å². The average Bonchev–Trinajstić information content (AvgIpc) is 3.52. The third-order valence-electron chi connectivity index (χ3n) is 10.0. The van der Waals surface area contributed by atoms with Crippen LogP contribution in [0.4, 0.5) is 0 Å². The Bertz CT molecular complexity index is 1740. The van der Waals surface area contributed by atoms with Crippen LogP contribution in [0.1, 0.15) is 78.7 Å². The van der Waals surface area contributed by atoms with Gasteiger partial charge in [-0.1, -0.05) is 104 Å². The number of hydrogen-bond donors (Lipinski definition) is 2. The zero-order valence-corrected chi connectivity index (χ0v) is 24.3. The van der Waals surface area contributed by atoms with Gasteiger partial charge >= 0.3 is 0 Å². The molecule has 5 aromatic rings. The van der Waals surface area contributed by atoms with E-state index in [1.54, 1.807) is 0 Å². The van der Waals surface area contributed by atoms with Gasteiger partial charge in [0.05, 0.1) is 0 Å². The molecule has 0 saturated heterocycles. The zero-order chi connectivity index (χ0) is 28.2. The minimum atomic E-state index is -0.371.